The Balaban J connectivity index is 1.26. The fourth-order valence-corrected chi connectivity index (χ4v) is 6.14. The lowest BCUT2D eigenvalue weighted by molar-refractivity contribution is -0.113. The summed E-state index contributed by atoms with van der Waals surface area (Å²) in [6, 6.07) is 6.26. The standard InChI is InChI=1S/C22H25N5OS2/c28-18(25-17-9-8-15-6-5-7-16(15)12-17)13-29-21-19-20(23-14-24-21)26-22(30-19)27-10-3-1-2-4-11-27/h8-9,12,14H,1-7,10-11,13H2,(H,25,28). The third-order valence-corrected chi connectivity index (χ3v) is 7.98. The van der Waals surface area contributed by atoms with E-state index in [1.54, 1.807) is 17.7 Å². The number of hydrogen-bond donors (Lipinski definition) is 1. The maximum Gasteiger partial charge on any atom is 0.234 e. The number of carbonyl (C=O) groups is 1. The fourth-order valence-electron chi connectivity index (χ4n) is 4.20. The van der Waals surface area contributed by atoms with Gasteiger partial charge in [-0.2, -0.15) is 4.98 Å². The van der Waals surface area contributed by atoms with Gasteiger partial charge in [0, 0.05) is 18.8 Å². The van der Waals surface area contributed by atoms with E-state index in [2.05, 4.69) is 32.3 Å². The van der Waals surface area contributed by atoms with Crippen molar-refractivity contribution in [3.05, 3.63) is 35.7 Å². The van der Waals surface area contributed by atoms with Crippen molar-refractivity contribution in [2.75, 3.05) is 29.1 Å². The first kappa shape index (κ1) is 19.8. The highest BCUT2D eigenvalue weighted by Crippen LogP contribution is 2.34. The lowest BCUT2D eigenvalue weighted by Gasteiger charge is -2.18. The highest BCUT2D eigenvalue weighted by Gasteiger charge is 2.18. The van der Waals surface area contributed by atoms with Crippen LogP contribution < -0.4 is 10.2 Å². The molecule has 1 fully saturated rings. The van der Waals surface area contributed by atoms with E-state index in [-0.39, 0.29) is 5.91 Å². The number of benzene rings is 1. The van der Waals surface area contributed by atoms with Crippen LogP contribution in [0, 0.1) is 0 Å². The van der Waals surface area contributed by atoms with Gasteiger partial charge in [0.25, 0.3) is 0 Å². The van der Waals surface area contributed by atoms with E-state index in [0.717, 1.165) is 52.1 Å². The van der Waals surface area contributed by atoms with Gasteiger partial charge in [-0.25, -0.2) is 9.97 Å². The van der Waals surface area contributed by atoms with Gasteiger partial charge >= 0.3 is 0 Å². The number of amides is 1. The van der Waals surface area contributed by atoms with Crippen molar-refractivity contribution in [1.29, 1.82) is 0 Å². The smallest absolute Gasteiger partial charge is 0.234 e. The minimum absolute atomic E-state index is 0.0121. The van der Waals surface area contributed by atoms with Crippen LogP contribution in [0.3, 0.4) is 0 Å². The topological polar surface area (TPSA) is 71.0 Å². The number of nitrogens with zero attached hydrogens (tertiary/aromatic N) is 4. The van der Waals surface area contributed by atoms with Gasteiger partial charge in [0.2, 0.25) is 5.91 Å². The molecule has 2 aromatic heterocycles. The summed E-state index contributed by atoms with van der Waals surface area (Å²) in [7, 11) is 0. The van der Waals surface area contributed by atoms with Crippen molar-refractivity contribution in [3.63, 3.8) is 0 Å². The van der Waals surface area contributed by atoms with Crippen LogP contribution in [-0.4, -0.2) is 39.7 Å². The largest absolute Gasteiger partial charge is 0.348 e. The second-order valence-corrected chi connectivity index (χ2v) is 9.84. The summed E-state index contributed by atoms with van der Waals surface area (Å²) in [6.45, 7) is 2.11. The minimum Gasteiger partial charge on any atom is -0.348 e. The number of rotatable bonds is 5. The normalized spacial score (nSPS) is 16.5. The molecule has 3 heterocycles. The molecule has 2 aliphatic rings. The summed E-state index contributed by atoms with van der Waals surface area (Å²) in [4.78, 5) is 28.4. The zero-order valence-corrected chi connectivity index (χ0v) is 18.5. The fraction of sp³-hybridized carbons (Fsp3) is 0.455. The SMILES string of the molecule is O=C(CSc1ncnc2nc(N3CCCCCC3)sc12)Nc1ccc2c(c1)CCC2. The summed E-state index contributed by atoms with van der Waals surface area (Å²) in [5.74, 6) is 0.308. The van der Waals surface area contributed by atoms with Crippen LogP contribution in [0.2, 0.25) is 0 Å². The van der Waals surface area contributed by atoms with Crippen LogP contribution in [-0.2, 0) is 17.6 Å². The predicted octanol–water partition coefficient (Wildman–Crippen LogP) is 4.69. The van der Waals surface area contributed by atoms with E-state index in [0.29, 0.717) is 5.75 Å². The predicted molar refractivity (Wildman–Crippen MR) is 124 cm³/mol. The monoisotopic (exact) mass is 439 g/mol. The molecule has 0 radical (unpaired) electrons. The Kier molecular flexibility index (Phi) is 5.86. The maximum absolute atomic E-state index is 12.5. The van der Waals surface area contributed by atoms with E-state index in [1.165, 1.54) is 55.0 Å². The Morgan fingerprint density at radius 2 is 1.90 bits per heavy atom. The summed E-state index contributed by atoms with van der Waals surface area (Å²) < 4.78 is 0.979. The number of aromatic nitrogens is 3. The molecule has 0 saturated carbocycles. The Morgan fingerprint density at radius 1 is 1.07 bits per heavy atom. The van der Waals surface area contributed by atoms with Gasteiger partial charge in [0.1, 0.15) is 16.1 Å². The Hall–Kier alpha value is -2.19. The van der Waals surface area contributed by atoms with Crippen LogP contribution in [0.5, 0.6) is 0 Å². The summed E-state index contributed by atoms with van der Waals surface area (Å²) in [5, 5.41) is 4.89. The van der Waals surface area contributed by atoms with Crippen LogP contribution >= 0.6 is 23.1 Å². The van der Waals surface area contributed by atoms with Gasteiger partial charge in [0.05, 0.1) is 5.75 Å². The number of thiazole rings is 1. The number of carbonyl (C=O) groups excluding carboxylic acids is 1. The zero-order valence-electron chi connectivity index (χ0n) is 16.9. The van der Waals surface area contributed by atoms with Gasteiger partial charge in [0.15, 0.2) is 10.8 Å². The van der Waals surface area contributed by atoms with E-state index in [1.807, 2.05) is 6.07 Å². The van der Waals surface area contributed by atoms with Gasteiger partial charge in [-0.3, -0.25) is 4.79 Å². The van der Waals surface area contributed by atoms with Crippen LogP contribution in [0.1, 0.15) is 43.2 Å². The Morgan fingerprint density at radius 3 is 2.77 bits per heavy atom. The zero-order chi connectivity index (χ0) is 20.3. The van der Waals surface area contributed by atoms with Crippen LogP contribution in [0.25, 0.3) is 10.3 Å². The molecule has 0 unspecified atom stereocenters. The lowest BCUT2D eigenvalue weighted by Crippen LogP contribution is -2.23. The molecule has 5 rings (SSSR count). The van der Waals surface area contributed by atoms with Crippen LogP contribution in [0.4, 0.5) is 10.8 Å². The minimum atomic E-state index is -0.0121. The Labute approximate surface area is 184 Å². The number of thioether (sulfide) groups is 1. The van der Waals surface area contributed by atoms with Crippen molar-refractivity contribution in [2.24, 2.45) is 0 Å². The molecule has 1 N–H and O–H groups in total. The summed E-state index contributed by atoms with van der Waals surface area (Å²) >= 11 is 3.10. The number of hydrogen-bond acceptors (Lipinski definition) is 7. The molecule has 6 nitrogen and oxygen atoms in total. The molecule has 1 amide bonds. The average molecular weight is 440 g/mol. The third kappa shape index (κ3) is 4.30. The molecule has 0 bridgehead atoms. The van der Waals surface area contributed by atoms with E-state index < -0.39 is 0 Å². The first-order chi connectivity index (χ1) is 14.8. The molecule has 8 heteroatoms. The molecule has 1 aliphatic heterocycles. The molecule has 1 aliphatic carbocycles. The first-order valence-corrected chi connectivity index (χ1v) is 12.5. The van der Waals surface area contributed by atoms with E-state index >= 15 is 0 Å². The molecule has 30 heavy (non-hydrogen) atoms. The van der Waals surface area contributed by atoms with Crippen LogP contribution in [0.15, 0.2) is 29.6 Å². The molecule has 3 aromatic rings. The maximum atomic E-state index is 12.5. The molecule has 1 aromatic carbocycles. The molecule has 1 saturated heterocycles. The van der Waals surface area contributed by atoms with Crippen molar-refractivity contribution in [3.8, 4) is 0 Å². The van der Waals surface area contributed by atoms with Crippen molar-refractivity contribution in [1.82, 2.24) is 15.0 Å². The molecule has 0 atom stereocenters. The van der Waals surface area contributed by atoms with Gasteiger partial charge in [-0.15, -0.1) is 0 Å². The second-order valence-electron chi connectivity index (χ2n) is 7.90. The Bertz CT molecular complexity index is 1060. The number of anilines is 2. The first-order valence-electron chi connectivity index (χ1n) is 10.7. The van der Waals surface area contributed by atoms with E-state index in [4.69, 9.17) is 4.98 Å². The molecule has 156 valence electrons. The second kappa shape index (κ2) is 8.89. The quantitative estimate of drug-likeness (QED) is 0.459. The molecular formula is C22H25N5OS2. The van der Waals surface area contributed by atoms with Crippen molar-refractivity contribution >= 4 is 50.2 Å². The van der Waals surface area contributed by atoms with Gasteiger partial charge in [-0.05, 0) is 55.4 Å². The average Bonchev–Trinajstić information content (AvgIpc) is 3.31. The number of aryl methyl sites for hydroxylation is 2. The number of fused-ring (bicyclic) bond motifs is 2. The lowest BCUT2D eigenvalue weighted by atomic mass is 10.1. The van der Waals surface area contributed by atoms with Crippen molar-refractivity contribution in [2.45, 2.75) is 50.0 Å². The van der Waals surface area contributed by atoms with E-state index in [9.17, 15) is 4.79 Å². The summed E-state index contributed by atoms with van der Waals surface area (Å²) in [6.07, 6.45) is 10.0. The van der Waals surface area contributed by atoms with Gasteiger partial charge < -0.3 is 10.2 Å². The molecular weight excluding hydrogens is 414 g/mol. The highest BCUT2D eigenvalue weighted by molar-refractivity contribution is 8.00. The molecule has 0 spiro atoms. The third-order valence-electron chi connectivity index (χ3n) is 5.75. The highest BCUT2D eigenvalue weighted by atomic mass is 32.2. The van der Waals surface area contributed by atoms with Crippen molar-refractivity contribution < 1.29 is 4.79 Å². The number of nitrogens with one attached hydrogen (secondary N) is 1. The summed E-state index contributed by atoms with van der Waals surface area (Å²) in [5.41, 5.74) is 4.39. The van der Waals surface area contributed by atoms with Gasteiger partial charge in [-0.1, -0.05) is 42.0 Å².